The van der Waals surface area contributed by atoms with E-state index in [1.54, 1.807) is 11.2 Å². The fourth-order valence-electron chi connectivity index (χ4n) is 5.37. The maximum atomic E-state index is 13.6. The Hall–Kier alpha value is -2.60. The number of nitrogens with zero attached hydrogens (tertiary/aromatic N) is 3. The monoisotopic (exact) mass is 465 g/mol. The Balaban J connectivity index is 1.40. The summed E-state index contributed by atoms with van der Waals surface area (Å²) in [6, 6.07) is 11.7. The van der Waals surface area contributed by atoms with Crippen LogP contribution in [0.4, 0.5) is 0 Å². The van der Waals surface area contributed by atoms with E-state index < -0.39 is 0 Å². The predicted octanol–water partition coefficient (Wildman–Crippen LogP) is 4.55. The molecule has 34 heavy (non-hydrogen) atoms. The van der Waals surface area contributed by atoms with Crippen LogP contribution in [0.5, 0.6) is 0 Å². The van der Waals surface area contributed by atoms with Crippen molar-refractivity contribution in [3.05, 3.63) is 59.5 Å². The first-order valence-corrected chi connectivity index (χ1v) is 12.7. The second-order valence-electron chi connectivity index (χ2n) is 10.9. The third-order valence-electron chi connectivity index (χ3n) is 7.44. The molecule has 2 aromatic rings. The lowest BCUT2D eigenvalue weighted by Crippen LogP contribution is -2.58. The number of rotatable bonds is 6. The molecule has 184 valence electrons. The molecule has 4 rings (SSSR count). The summed E-state index contributed by atoms with van der Waals surface area (Å²) in [6.45, 7) is 9.78. The Labute approximate surface area is 203 Å². The number of benzene rings is 1. The van der Waals surface area contributed by atoms with Crippen molar-refractivity contribution in [2.75, 3.05) is 33.2 Å². The molecular formula is C28H39N3O3. The fourth-order valence-corrected chi connectivity index (χ4v) is 5.37. The van der Waals surface area contributed by atoms with Crippen molar-refractivity contribution >= 4 is 11.8 Å². The number of carbonyl (C=O) groups excluding carboxylic acids is 2. The summed E-state index contributed by atoms with van der Waals surface area (Å²) in [7, 11) is 1.87. The Bertz CT molecular complexity index is 948. The molecule has 0 spiro atoms. The van der Waals surface area contributed by atoms with Crippen LogP contribution < -0.4 is 0 Å². The SMILES string of the molecule is CN(Cc1ccco1)C(=O)[C@@H](C1CCCC1)N1CCN(C(=O)c2ccc(C(C)(C)C)cc2)CC1. The van der Waals surface area contributed by atoms with E-state index in [2.05, 4.69) is 37.8 Å². The van der Waals surface area contributed by atoms with Gasteiger partial charge in [0.15, 0.2) is 0 Å². The Morgan fingerprint density at radius 2 is 1.68 bits per heavy atom. The van der Waals surface area contributed by atoms with E-state index in [0.717, 1.165) is 37.3 Å². The average Bonchev–Trinajstić information content (AvgIpc) is 3.53. The third-order valence-corrected chi connectivity index (χ3v) is 7.44. The zero-order chi connectivity index (χ0) is 24.3. The van der Waals surface area contributed by atoms with Gasteiger partial charge in [-0.05, 0) is 54.0 Å². The maximum absolute atomic E-state index is 13.6. The topological polar surface area (TPSA) is 57.0 Å². The van der Waals surface area contributed by atoms with Gasteiger partial charge in [-0.1, -0.05) is 45.7 Å². The lowest BCUT2D eigenvalue weighted by Gasteiger charge is -2.42. The Kier molecular flexibility index (Phi) is 7.46. The quantitative estimate of drug-likeness (QED) is 0.628. The molecule has 2 heterocycles. The van der Waals surface area contributed by atoms with Crippen molar-refractivity contribution in [1.82, 2.24) is 14.7 Å². The number of hydrogen-bond donors (Lipinski definition) is 0. The smallest absolute Gasteiger partial charge is 0.253 e. The maximum Gasteiger partial charge on any atom is 0.253 e. The van der Waals surface area contributed by atoms with Crippen molar-refractivity contribution in [3.8, 4) is 0 Å². The van der Waals surface area contributed by atoms with Gasteiger partial charge in [-0.2, -0.15) is 0 Å². The second-order valence-corrected chi connectivity index (χ2v) is 10.9. The summed E-state index contributed by atoms with van der Waals surface area (Å²) in [4.78, 5) is 32.8. The molecule has 1 saturated carbocycles. The van der Waals surface area contributed by atoms with Crippen LogP contribution in [0.3, 0.4) is 0 Å². The van der Waals surface area contributed by atoms with Gasteiger partial charge in [0.2, 0.25) is 5.91 Å². The van der Waals surface area contributed by atoms with Gasteiger partial charge in [-0.3, -0.25) is 14.5 Å². The zero-order valence-electron chi connectivity index (χ0n) is 21.1. The van der Waals surface area contributed by atoms with Crippen molar-refractivity contribution in [2.45, 2.75) is 64.5 Å². The number of piperazine rings is 1. The summed E-state index contributed by atoms with van der Waals surface area (Å²) in [6.07, 6.45) is 6.24. The number of likely N-dealkylation sites (N-methyl/N-ethyl adjacent to an activating group) is 1. The van der Waals surface area contributed by atoms with E-state index in [-0.39, 0.29) is 23.3 Å². The van der Waals surface area contributed by atoms with E-state index in [1.165, 1.54) is 18.4 Å². The molecule has 1 aliphatic carbocycles. The standard InChI is InChI=1S/C28H39N3O3/c1-28(2,3)23-13-11-22(12-14-23)26(32)31-17-15-30(16-18-31)25(21-8-5-6-9-21)27(33)29(4)20-24-10-7-19-34-24/h7,10-14,19,21,25H,5-6,8-9,15-18,20H2,1-4H3/t25-/m1/s1. The minimum Gasteiger partial charge on any atom is -0.467 e. The summed E-state index contributed by atoms with van der Waals surface area (Å²) in [5, 5.41) is 0. The molecule has 2 amide bonds. The summed E-state index contributed by atoms with van der Waals surface area (Å²) in [5.74, 6) is 1.44. The van der Waals surface area contributed by atoms with E-state index in [4.69, 9.17) is 4.42 Å². The van der Waals surface area contributed by atoms with Crippen molar-refractivity contribution in [2.24, 2.45) is 5.92 Å². The van der Waals surface area contributed by atoms with Gasteiger partial charge < -0.3 is 14.2 Å². The molecular weight excluding hydrogens is 426 g/mol. The molecule has 1 aromatic heterocycles. The van der Waals surface area contributed by atoms with Gasteiger partial charge >= 0.3 is 0 Å². The first-order chi connectivity index (χ1) is 16.2. The van der Waals surface area contributed by atoms with Gasteiger partial charge in [0.1, 0.15) is 5.76 Å². The number of furan rings is 1. The molecule has 1 atom stereocenters. The predicted molar refractivity (Wildman–Crippen MR) is 134 cm³/mol. The number of amides is 2. The van der Waals surface area contributed by atoms with Crippen molar-refractivity contribution in [1.29, 1.82) is 0 Å². The minimum atomic E-state index is -0.120. The van der Waals surface area contributed by atoms with E-state index in [0.29, 0.717) is 25.6 Å². The van der Waals surface area contributed by atoms with Gasteiger partial charge in [0.25, 0.3) is 5.91 Å². The highest BCUT2D eigenvalue weighted by atomic mass is 16.3. The largest absolute Gasteiger partial charge is 0.467 e. The first-order valence-electron chi connectivity index (χ1n) is 12.7. The van der Waals surface area contributed by atoms with Gasteiger partial charge in [0.05, 0.1) is 18.8 Å². The molecule has 1 aromatic carbocycles. The van der Waals surface area contributed by atoms with Crippen LogP contribution in [-0.4, -0.2) is 65.8 Å². The van der Waals surface area contributed by atoms with E-state index >= 15 is 0 Å². The fraction of sp³-hybridized carbons (Fsp3) is 0.571. The van der Waals surface area contributed by atoms with Crippen LogP contribution in [0.25, 0.3) is 0 Å². The van der Waals surface area contributed by atoms with Crippen LogP contribution in [-0.2, 0) is 16.8 Å². The summed E-state index contributed by atoms with van der Waals surface area (Å²) >= 11 is 0. The van der Waals surface area contributed by atoms with Crippen LogP contribution in [0.15, 0.2) is 47.1 Å². The molecule has 2 aliphatic rings. The zero-order valence-corrected chi connectivity index (χ0v) is 21.1. The highest BCUT2D eigenvalue weighted by Crippen LogP contribution is 2.32. The van der Waals surface area contributed by atoms with Crippen molar-refractivity contribution < 1.29 is 14.0 Å². The van der Waals surface area contributed by atoms with Crippen molar-refractivity contribution in [3.63, 3.8) is 0 Å². The van der Waals surface area contributed by atoms with E-state index in [9.17, 15) is 9.59 Å². The molecule has 0 bridgehead atoms. The van der Waals surface area contributed by atoms with Crippen LogP contribution in [0.1, 0.15) is 68.1 Å². The molecule has 1 aliphatic heterocycles. The lowest BCUT2D eigenvalue weighted by molar-refractivity contribution is -0.139. The van der Waals surface area contributed by atoms with Gasteiger partial charge in [-0.25, -0.2) is 0 Å². The first kappa shape index (κ1) is 24.5. The highest BCUT2D eigenvalue weighted by Gasteiger charge is 2.38. The Morgan fingerprint density at radius 3 is 2.24 bits per heavy atom. The molecule has 0 unspecified atom stereocenters. The van der Waals surface area contributed by atoms with E-state index in [1.807, 2.05) is 36.2 Å². The number of carbonyl (C=O) groups is 2. The molecule has 6 heteroatoms. The normalized spacial score (nSPS) is 18.8. The highest BCUT2D eigenvalue weighted by molar-refractivity contribution is 5.94. The minimum absolute atomic E-state index is 0.0685. The van der Waals surface area contributed by atoms with Crippen LogP contribution in [0, 0.1) is 5.92 Å². The number of hydrogen-bond acceptors (Lipinski definition) is 4. The van der Waals surface area contributed by atoms with Crippen LogP contribution >= 0.6 is 0 Å². The second kappa shape index (κ2) is 10.3. The molecule has 6 nitrogen and oxygen atoms in total. The summed E-state index contributed by atoms with van der Waals surface area (Å²) < 4.78 is 5.46. The molecule has 0 radical (unpaired) electrons. The van der Waals surface area contributed by atoms with Gasteiger partial charge in [-0.15, -0.1) is 0 Å². The third kappa shape index (κ3) is 5.54. The molecule has 2 fully saturated rings. The Morgan fingerprint density at radius 1 is 1.03 bits per heavy atom. The van der Waals surface area contributed by atoms with Crippen LogP contribution in [0.2, 0.25) is 0 Å². The average molecular weight is 466 g/mol. The molecule has 0 N–H and O–H groups in total. The summed E-state index contributed by atoms with van der Waals surface area (Å²) in [5.41, 5.74) is 2.03. The lowest BCUT2D eigenvalue weighted by atomic mass is 9.86. The van der Waals surface area contributed by atoms with Gasteiger partial charge in [0, 0.05) is 38.8 Å². The molecule has 1 saturated heterocycles.